The van der Waals surface area contributed by atoms with E-state index in [2.05, 4.69) is 20.9 Å². The molecule has 2 aromatic rings. The van der Waals surface area contributed by atoms with Crippen LogP contribution in [0.3, 0.4) is 0 Å². The number of halogens is 2. The Bertz CT molecular complexity index is 877. The Labute approximate surface area is 178 Å². The Morgan fingerprint density at radius 1 is 1.23 bits per heavy atom. The molecule has 0 aliphatic rings. The van der Waals surface area contributed by atoms with Crippen LogP contribution in [0.5, 0.6) is 0 Å². The summed E-state index contributed by atoms with van der Waals surface area (Å²) in [5, 5.41) is 8.83. The van der Waals surface area contributed by atoms with Crippen molar-refractivity contribution in [1.82, 2.24) is 20.9 Å². The first-order chi connectivity index (χ1) is 14.2. The molecule has 2 rings (SSSR count). The Morgan fingerprint density at radius 3 is 2.53 bits per heavy atom. The molecular weight excluding hydrogens is 412 g/mol. The number of nitrogens with one attached hydrogen (secondary N) is 3. The lowest BCUT2D eigenvalue weighted by Crippen LogP contribution is -2.54. The predicted molar refractivity (Wildman–Crippen MR) is 113 cm³/mol. The molecule has 5 N–H and O–H groups in total. The Hall–Kier alpha value is -2.59. The summed E-state index contributed by atoms with van der Waals surface area (Å²) < 4.78 is 26.9. The summed E-state index contributed by atoms with van der Waals surface area (Å²) in [6.07, 6.45) is 2.34. The van der Waals surface area contributed by atoms with Crippen LogP contribution in [0.1, 0.15) is 30.7 Å². The molecule has 1 aromatic carbocycles. The maximum atomic E-state index is 13.6. The van der Waals surface area contributed by atoms with Crippen molar-refractivity contribution < 1.29 is 18.4 Å². The largest absolute Gasteiger partial charge is 0.375 e. The highest BCUT2D eigenvalue weighted by molar-refractivity contribution is 7.15. The fraction of sp³-hybridized carbons (Fsp3) is 0.450. The van der Waals surface area contributed by atoms with Gasteiger partial charge in [-0.3, -0.25) is 9.59 Å². The Balaban J connectivity index is 2.16. The van der Waals surface area contributed by atoms with Gasteiger partial charge in [-0.1, -0.05) is 26.3 Å². The zero-order valence-corrected chi connectivity index (χ0v) is 18.0. The number of aromatic nitrogens is 1. The van der Waals surface area contributed by atoms with Crippen LogP contribution in [0.4, 0.5) is 13.9 Å². The summed E-state index contributed by atoms with van der Waals surface area (Å²) >= 11 is 1.24. The summed E-state index contributed by atoms with van der Waals surface area (Å²) in [7, 11) is 1.68. The second-order valence-corrected chi connectivity index (χ2v) is 8.20. The molecule has 10 heteroatoms. The summed E-state index contributed by atoms with van der Waals surface area (Å²) in [6, 6.07) is 1.95. The van der Waals surface area contributed by atoms with Gasteiger partial charge in [0.15, 0.2) is 16.8 Å². The number of benzene rings is 1. The highest BCUT2D eigenvalue weighted by Crippen LogP contribution is 2.15. The molecule has 0 spiro atoms. The molecular formula is C20H27F2N5O2S. The molecule has 3 atom stereocenters. The van der Waals surface area contributed by atoms with Crippen molar-refractivity contribution in [2.75, 3.05) is 12.8 Å². The second-order valence-electron chi connectivity index (χ2n) is 7.05. The smallest absolute Gasteiger partial charge is 0.243 e. The molecule has 0 aliphatic carbocycles. The van der Waals surface area contributed by atoms with Crippen molar-refractivity contribution in [3.63, 3.8) is 0 Å². The van der Waals surface area contributed by atoms with Gasteiger partial charge in [0, 0.05) is 17.5 Å². The average Bonchev–Trinajstić information content (AvgIpc) is 3.13. The summed E-state index contributed by atoms with van der Waals surface area (Å²) in [5.74, 6) is -2.72. The van der Waals surface area contributed by atoms with Gasteiger partial charge in [0.05, 0.1) is 12.6 Å². The van der Waals surface area contributed by atoms with Crippen LogP contribution in [-0.4, -0.2) is 35.9 Å². The van der Waals surface area contributed by atoms with Crippen molar-refractivity contribution in [2.24, 2.45) is 5.92 Å². The van der Waals surface area contributed by atoms with Crippen LogP contribution in [0.2, 0.25) is 0 Å². The first-order valence-corrected chi connectivity index (χ1v) is 10.5. The van der Waals surface area contributed by atoms with Gasteiger partial charge < -0.3 is 21.7 Å². The van der Waals surface area contributed by atoms with Crippen LogP contribution in [-0.2, 0) is 22.6 Å². The number of hydrogen-bond donors (Lipinski definition) is 4. The molecule has 0 bridgehead atoms. The number of amides is 2. The first-order valence-electron chi connectivity index (χ1n) is 9.64. The van der Waals surface area contributed by atoms with Gasteiger partial charge in [0.25, 0.3) is 0 Å². The predicted octanol–water partition coefficient (Wildman–Crippen LogP) is 1.98. The number of nitrogens with two attached hydrogens (primary N) is 1. The summed E-state index contributed by atoms with van der Waals surface area (Å²) in [6.45, 7) is 4.09. The lowest BCUT2D eigenvalue weighted by molar-refractivity contribution is -0.130. The molecule has 1 heterocycles. The molecule has 0 saturated heterocycles. The molecule has 7 nitrogen and oxygen atoms in total. The van der Waals surface area contributed by atoms with Crippen LogP contribution in [0.15, 0.2) is 24.4 Å². The lowest BCUT2D eigenvalue weighted by Gasteiger charge is -2.25. The van der Waals surface area contributed by atoms with E-state index in [9.17, 15) is 18.4 Å². The van der Waals surface area contributed by atoms with Crippen molar-refractivity contribution >= 4 is 28.3 Å². The van der Waals surface area contributed by atoms with E-state index in [1.807, 2.05) is 13.8 Å². The van der Waals surface area contributed by atoms with Crippen molar-refractivity contribution in [3.8, 4) is 0 Å². The molecule has 0 saturated carbocycles. The van der Waals surface area contributed by atoms with E-state index >= 15 is 0 Å². The Kier molecular flexibility index (Phi) is 8.67. The monoisotopic (exact) mass is 439 g/mol. The molecule has 2 amide bonds. The highest BCUT2D eigenvalue weighted by atomic mass is 32.1. The van der Waals surface area contributed by atoms with Crippen LogP contribution in [0, 0.1) is 17.6 Å². The fourth-order valence-electron chi connectivity index (χ4n) is 2.98. The molecule has 164 valence electrons. The van der Waals surface area contributed by atoms with Crippen LogP contribution >= 0.6 is 11.3 Å². The van der Waals surface area contributed by atoms with E-state index in [0.29, 0.717) is 10.7 Å². The SMILES string of the molecule is CCC(C)[C@@H](NC)C(=O)N[C@@H](Cc1ccc(F)c(F)c1)C(=O)NCc1cnc(N)s1. The number of thiazole rings is 1. The Morgan fingerprint density at radius 2 is 1.97 bits per heavy atom. The minimum Gasteiger partial charge on any atom is -0.375 e. The van der Waals surface area contributed by atoms with Gasteiger partial charge in [-0.05, 0) is 30.7 Å². The maximum absolute atomic E-state index is 13.6. The van der Waals surface area contributed by atoms with Crippen LogP contribution < -0.4 is 21.7 Å². The third-order valence-electron chi connectivity index (χ3n) is 4.87. The lowest BCUT2D eigenvalue weighted by atomic mass is 9.97. The molecule has 1 unspecified atom stereocenters. The maximum Gasteiger partial charge on any atom is 0.243 e. The van der Waals surface area contributed by atoms with Gasteiger partial charge in [0.1, 0.15) is 6.04 Å². The van der Waals surface area contributed by atoms with Gasteiger partial charge >= 0.3 is 0 Å². The standard InChI is InChI=1S/C20H27F2N5O2S/c1-4-11(2)17(24-3)19(29)27-16(8-12-5-6-14(21)15(22)7-12)18(28)25-9-13-10-26-20(23)30-13/h5-7,10-11,16-17,24H,4,8-9H2,1-3H3,(H2,23,26)(H,25,28)(H,27,29)/t11?,16-,17+/m0/s1. The van der Waals surface area contributed by atoms with E-state index in [0.717, 1.165) is 23.4 Å². The average molecular weight is 440 g/mol. The van der Waals surface area contributed by atoms with Crippen molar-refractivity contribution in [1.29, 1.82) is 0 Å². The quantitative estimate of drug-likeness (QED) is 0.453. The van der Waals surface area contributed by atoms with E-state index in [1.165, 1.54) is 17.4 Å². The number of rotatable bonds is 10. The third kappa shape index (κ3) is 6.46. The van der Waals surface area contributed by atoms with Crippen molar-refractivity contribution in [2.45, 2.75) is 45.3 Å². The summed E-state index contributed by atoms with van der Waals surface area (Å²) in [4.78, 5) is 30.3. The number of anilines is 1. The number of nitrogen functional groups attached to an aromatic ring is 1. The van der Waals surface area contributed by atoms with Gasteiger partial charge in [-0.2, -0.15) is 0 Å². The number of nitrogens with zero attached hydrogens (tertiary/aromatic N) is 1. The second kappa shape index (κ2) is 11.0. The van der Waals surface area contributed by atoms with Gasteiger partial charge in [-0.25, -0.2) is 13.8 Å². The van der Waals surface area contributed by atoms with E-state index in [4.69, 9.17) is 5.73 Å². The van der Waals surface area contributed by atoms with E-state index in [1.54, 1.807) is 13.2 Å². The normalized spacial score (nSPS) is 14.0. The summed E-state index contributed by atoms with van der Waals surface area (Å²) in [5.41, 5.74) is 5.98. The topological polar surface area (TPSA) is 109 Å². The molecule has 0 aliphatic heterocycles. The van der Waals surface area contributed by atoms with Crippen LogP contribution in [0.25, 0.3) is 0 Å². The minimum absolute atomic E-state index is 0.0105. The molecule has 1 aromatic heterocycles. The number of likely N-dealkylation sites (N-methyl/N-ethyl adjacent to an activating group) is 1. The molecule has 0 radical (unpaired) electrons. The van der Waals surface area contributed by atoms with E-state index in [-0.39, 0.29) is 24.8 Å². The third-order valence-corrected chi connectivity index (χ3v) is 5.70. The van der Waals surface area contributed by atoms with Gasteiger partial charge in [-0.15, -0.1) is 11.3 Å². The number of hydrogen-bond acceptors (Lipinski definition) is 6. The van der Waals surface area contributed by atoms with E-state index < -0.39 is 29.6 Å². The zero-order valence-electron chi connectivity index (χ0n) is 17.2. The first kappa shape index (κ1) is 23.7. The fourth-order valence-corrected chi connectivity index (χ4v) is 3.61. The number of carbonyl (C=O) groups is 2. The van der Waals surface area contributed by atoms with Crippen molar-refractivity contribution in [3.05, 3.63) is 46.5 Å². The molecule has 30 heavy (non-hydrogen) atoms. The zero-order chi connectivity index (χ0) is 22.3. The molecule has 0 fully saturated rings. The highest BCUT2D eigenvalue weighted by Gasteiger charge is 2.28. The van der Waals surface area contributed by atoms with Gasteiger partial charge in [0.2, 0.25) is 11.8 Å². The number of carbonyl (C=O) groups excluding carboxylic acids is 2. The minimum atomic E-state index is -1.01.